The minimum atomic E-state index is 0.185. The number of rotatable bonds is 3. The highest BCUT2D eigenvalue weighted by Crippen LogP contribution is 2.25. The summed E-state index contributed by atoms with van der Waals surface area (Å²) < 4.78 is 0. The van der Waals surface area contributed by atoms with Gasteiger partial charge in [0.25, 0.3) is 5.91 Å². The van der Waals surface area contributed by atoms with Crippen molar-refractivity contribution in [2.45, 2.75) is 39.0 Å². The molecule has 21 heavy (non-hydrogen) atoms. The zero-order valence-corrected chi connectivity index (χ0v) is 12.8. The van der Waals surface area contributed by atoms with Crippen LogP contribution >= 0.6 is 0 Å². The Bertz CT molecular complexity index is 616. The molecule has 1 amide bonds. The molecule has 2 heterocycles. The number of para-hydroxylation sites is 1. The fraction of sp³-hybridized carbons (Fsp3) is 0.500. The molecule has 0 saturated carbocycles. The van der Waals surface area contributed by atoms with Gasteiger partial charge in [-0.05, 0) is 31.2 Å². The molecule has 0 bridgehead atoms. The number of fused-ring (bicyclic) bond motifs is 1. The zero-order chi connectivity index (χ0) is 14.7. The van der Waals surface area contributed by atoms with E-state index >= 15 is 0 Å². The van der Waals surface area contributed by atoms with E-state index in [1.54, 1.807) is 0 Å². The molecule has 1 fully saturated rings. The van der Waals surface area contributed by atoms with Gasteiger partial charge in [0.1, 0.15) is 0 Å². The summed E-state index contributed by atoms with van der Waals surface area (Å²) in [6.07, 6.45) is 7.98. The number of hydrogen-bond acceptors (Lipinski definition) is 1. The number of aromatic nitrogens is 1. The fourth-order valence-electron chi connectivity index (χ4n) is 3.48. The van der Waals surface area contributed by atoms with E-state index in [0.29, 0.717) is 0 Å². The minimum absolute atomic E-state index is 0.185. The molecule has 0 aliphatic carbocycles. The molecule has 2 aromatic rings. The van der Waals surface area contributed by atoms with E-state index in [9.17, 15) is 4.79 Å². The topological polar surface area (TPSA) is 36.1 Å². The van der Waals surface area contributed by atoms with Gasteiger partial charge in [0.2, 0.25) is 0 Å². The standard InChI is InChI=1S/C18H24N2O/c1-2-6-14-7-5-11-20(12-10-14)18(21)16-13-19-17-9-4-3-8-15(16)17/h3-4,8-9,13-14,19H,2,5-7,10-12H2,1H3. The first-order valence-corrected chi connectivity index (χ1v) is 8.15. The van der Waals surface area contributed by atoms with Gasteiger partial charge in [-0.2, -0.15) is 0 Å². The number of likely N-dealkylation sites (tertiary alicyclic amines) is 1. The van der Waals surface area contributed by atoms with Crippen LogP contribution in [-0.4, -0.2) is 28.9 Å². The van der Waals surface area contributed by atoms with Gasteiger partial charge in [-0.3, -0.25) is 4.79 Å². The predicted octanol–water partition coefficient (Wildman–Crippen LogP) is 4.21. The summed E-state index contributed by atoms with van der Waals surface area (Å²) in [7, 11) is 0. The summed E-state index contributed by atoms with van der Waals surface area (Å²) in [4.78, 5) is 18.1. The lowest BCUT2D eigenvalue weighted by Gasteiger charge is -2.20. The van der Waals surface area contributed by atoms with Crippen LogP contribution < -0.4 is 0 Å². The first kappa shape index (κ1) is 14.2. The maximum absolute atomic E-state index is 12.8. The van der Waals surface area contributed by atoms with Crippen molar-refractivity contribution in [3.8, 4) is 0 Å². The Kier molecular flexibility index (Phi) is 4.28. The molecule has 1 aromatic heterocycles. The molecular weight excluding hydrogens is 260 g/mol. The monoisotopic (exact) mass is 284 g/mol. The van der Waals surface area contributed by atoms with Gasteiger partial charge in [-0.15, -0.1) is 0 Å². The summed E-state index contributed by atoms with van der Waals surface area (Å²) in [5, 5.41) is 1.04. The third kappa shape index (κ3) is 2.97. The molecule has 1 saturated heterocycles. The maximum atomic E-state index is 12.8. The lowest BCUT2D eigenvalue weighted by molar-refractivity contribution is 0.0762. The third-order valence-corrected chi connectivity index (χ3v) is 4.65. The van der Waals surface area contributed by atoms with E-state index in [1.165, 1.54) is 19.3 Å². The molecule has 1 aliphatic heterocycles. The number of benzene rings is 1. The molecule has 3 heteroatoms. The number of carbonyl (C=O) groups is 1. The van der Waals surface area contributed by atoms with Crippen molar-refractivity contribution in [1.29, 1.82) is 0 Å². The molecule has 3 rings (SSSR count). The van der Waals surface area contributed by atoms with Gasteiger partial charge in [-0.1, -0.05) is 38.0 Å². The van der Waals surface area contributed by atoms with Gasteiger partial charge >= 0.3 is 0 Å². The first-order valence-electron chi connectivity index (χ1n) is 8.15. The number of nitrogens with zero attached hydrogens (tertiary/aromatic N) is 1. The highest BCUT2D eigenvalue weighted by atomic mass is 16.2. The quantitative estimate of drug-likeness (QED) is 0.900. The molecule has 0 spiro atoms. The minimum Gasteiger partial charge on any atom is -0.360 e. The number of aromatic amines is 1. The van der Waals surface area contributed by atoms with Crippen LogP contribution in [0, 0.1) is 5.92 Å². The van der Waals surface area contributed by atoms with Crippen molar-refractivity contribution in [2.24, 2.45) is 5.92 Å². The molecule has 0 radical (unpaired) electrons. The molecule has 1 atom stereocenters. The van der Waals surface area contributed by atoms with Crippen LogP contribution in [0.5, 0.6) is 0 Å². The Morgan fingerprint density at radius 3 is 3.00 bits per heavy atom. The zero-order valence-electron chi connectivity index (χ0n) is 12.8. The number of carbonyl (C=O) groups excluding carboxylic acids is 1. The first-order chi connectivity index (χ1) is 10.3. The third-order valence-electron chi connectivity index (χ3n) is 4.65. The summed E-state index contributed by atoms with van der Waals surface area (Å²) in [5.41, 5.74) is 1.86. The van der Waals surface area contributed by atoms with Crippen LogP contribution in [0.25, 0.3) is 10.9 Å². The molecule has 1 unspecified atom stereocenters. The lowest BCUT2D eigenvalue weighted by atomic mass is 9.96. The van der Waals surface area contributed by atoms with Crippen LogP contribution in [0.1, 0.15) is 49.4 Å². The predicted molar refractivity (Wildman–Crippen MR) is 86.5 cm³/mol. The van der Waals surface area contributed by atoms with E-state index in [-0.39, 0.29) is 5.91 Å². The number of H-pyrrole nitrogens is 1. The normalized spacial score (nSPS) is 19.7. The summed E-state index contributed by atoms with van der Waals surface area (Å²) in [6, 6.07) is 8.03. The second-order valence-electron chi connectivity index (χ2n) is 6.13. The van der Waals surface area contributed by atoms with Gasteiger partial charge in [0, 0.05) is 30.2 Å². The number of amides is 1. The summed E-state index contributed by atoms with van der Waals surface area (Å²) in [6.45, 7) is 4.06. The molecule has 112 valence electrons. The maximum Gasteiger partial charge on any atom is 0.256 e. The number of nitrogens with one attached hydrogen (secondary N) is 1. The second-order valence-corrected chi connectivity index (χ2v) is 6.13. The smallest absolute Gasteiger partial charge is 0.256 e. The van der Waals surface area contributed by atoms with Crippen molar-refractivity contribution in [2.75, 3.05) is 13.1 Å². The van der Waals surface area contributed by atoms with E-state index < -0.39 is 0 Å². The highest BCUT2D eigenvalue weighted by molar-refractivity contribution is 6.06. The van der Waals surface area contributed by atoms with Gasteiger partial charge in [0.15, 0.2) is 0 Å². The molecule has 1 aliphatic rings. The second kappa shape index (κ2) is 6.33. The fourth-order valence-corrected chi connectivity index (χ4v) is 3.48. The Hall–Kier alpha value is -1.77. The van der Waals surface area contributed by atoms with Crippen LogP contribution in [0.3, 0.4) is 0 Å². The van der Waals surface area contributed by atoms with Crippen LogP contribution in [0.4, 0.5) is 0 Å². The van der Waals surface area contributed by atoms with Crippen molar-refractivity contribution in [3.05, 3.63) is 36.0 Å². The van der Waals surface area contributed by atoms with E-state index in [1.807, 2.05) is 35.4 Å². The molecule has 1 aromatic carbocycles. The Balaban J connectivity index is 1.76. The average Bonchev–Trinajstić information content (AvgIpc) is 2.80. The molecular formula is C18H24N2O. The molecule has 3 nitrogen and oxygen atoms in total. The lowest BCUT2D eigenvalue weighted by Crippen LogP contribution is -2.31. The number of hydrogen-bond donors (Lipinski definition) is 1. The van der Waals surface area contributed by atoms with Crippen LogP contribution in [0.15, 0.2) is 30.5 Å². The van der Waals surface area contributed by atoms with Crippen molar-refractivity contribution >= 4 is 16.8 Å². The van der Waals surface area contributed by atoms with Gasteiger partial charge in [0.05, 0.1) is 5.56 Å². The van der Waals surface area contributed by atoms with E-state index in [0.717, 1.165) is 48.3 Å². The van der Waals surface area contributed by atoms with Crippen LogP contribution in [0.2, 0.25) is 0 Å². The van der Waals surface area contributed by atoms with Crippen molar-refractivity contribution in [3.63, 3.8) is 0 Å². The van der Waals surface area contributed by atoms with Crippen molar-refractivity contribution in [1.82, 2.24) is 9.88 Å². The Morgan fingerprint density at radius 1 is 1.29 bits per heavy atom. The summed E-state index contributed by atoms with van der Waals surface area (Å²) >= 11 is 0. The van der Waals surface area contributed by atoms with E-state index in [4.69, 9.17) is 0 Å². The summed E-state index contributed by atoms with van der Waals surface area (Å²) in [5.74, 6) is 0.986. The van der Waals surface area contributed by atoms with Gasteiger partial charge in [-0.25, -0.2) is 0 Å². The molecule has 1 N–H and O–H groups in total. The van der Waals surface area contributed by atoms with Crippen molar-refractivity contribution < 1.29 is 4.79 Å². The average molecular weight is 284 g/mol. The van der Waals surface area contributed by atoms with E-state index in [2.05, 4.69) is 11.9 Å². The Morgan fingerprint density at radius 2 is 2.14 bits per heavy atom. The Labute approximate surface area is 126 Å². The van der Waals surface area contributed by atoms with Gasteiger partial charge < -0.3 is 9.88 Å². The van der Waals surface area contributed by atoms with Crippen LogP contribution in [-0.2, 0) is 0 Å². The highest BCUT2D eigenvalue weighted by Gasteiger charge is 2.22. The largest absolute Gasteiger partial charge is 0.360 e. The SMILES string of the molecule is CCCC1CCCN(C(=O)c2c[nH]c3ccccc23)CC1.